The number of rotatable bonds is 8. The van der Waals surface area contributed by atoms with Gasteiger partial charge in [0.15, 0.2) is 0 Å². The van der Waals surface area contributed by atoms with Crippen molar-refractivity contribution >= 4 is 12.0 Å². The summed E-state index contributed by atoms with van der Waals surface area (Å²) in [6.45, 7) is 14.4. The number of pyridine rings is 1. The van der Waals surface area contributed by atoms with Crippen molar-refractivity contribution in [2.75, 3.05) is 11.9 Å². The van der Waals surface area contributed by atoms with E-state index in [9.17, 15) is 9.59 Å². The standard InChI is InChI=1S/C31H42N4O4/c1-8-38-29(37)25(18-31(5,6)7)35-26(36)17-24(21(4)27(35)22-13-9-19(2)10-14-22)28-33-34-30(39-28)32-23-15-11-20(3)12-16-23/h9-10,13-14,17,20,23,25H,8,11-12,15-16,18H2,1-7H3,(H,32,34)/t20-,23-,25?. The highest BCUT2D eigenvalue weighted by molar-refractivity contribution is 5.78. The smallest absolute Gasteiger partial charge is 0.329 e. The second kappa shape index (κ2) is 11.8. The zero-order chi connectivity index (χ0) is 28.3. The van der Waals surface area contributed by atoms with Crippen LogP contribution in [0.15, 0.2) is 39.5 Å². The van der Waals surface area contributed by atoms with Gasteiger partial charge in [-0.25, -0.2) is 4.79 Å². The maximum absolute atomic E-state index is 13.9. The summed E-state index contributed by atoms with van der Waals surface area (Å²) in [5.74, 6) is 0.605. The molecule has 1 saturated carbocycles. The Balaban J connectivity index is 1.82. The molecule has 1 unspecified atom stereocenters. The van der Waals surface area contributed by atoms with Crippen LogP contribution >= 0.6 is 0 Å². The number of nitrogens with one attached hydrogen (secondary N) is 1. The summed E-state index contributed by atoms with van der Waals surface area (Å²) >= 11 is 0. The van der Waals surface area contributed by atoms with E-state index in [2.05, 4.69) is 43.2 Å². The van der Waals surface area contributed by atoms with Crippen LogP contribution in [-0.2, 0) is 9.53 Å². The highest BCUT2D eigenvalue weighted by Gasteiger charge is 2.32. The Hall–Kier alpha value is -3.42. The molecular weight excluding hydrogens is 492 g/mol. The van der Waals surface area contributed by atoms with E-state index in [-0.39, 0.29) is 23.5 Å². The fourth-order valence-corrected chi connectivity index (χ4v) is 5.39. The molecule has 4 rings (SSSR count). The third kappa shape index (κ3) is 6.78. The fraction of sp³-hybridized carbons (Fsp3) is 0.548. The van der Waals surface area contributed by atoms with Gasteiger partial charge in [0, 0.05) is 17.7 Å². The lowest BCUT2D eigenvalue weighted by molar-refractivity contribution is -0.148. The minimum atomic E-state index is -0.782. The third-order valence-corrected chi connectivity index (χ3v) is 7.51. The summed E-state index contributed by atoms with van der Waals surface area (Å²) in [5.41, 5.74) is 3.37. The average Bonchev–Trinajstić information content (AvgIpc) is 3.33. The number of anilines is 1. The molecule has 0 aliphatic heterocycles. The van der Waals surface area contributed by atoms with Crippen LogP contribution in [0.5, 0.6) is 0 Å². The molecule has 2 aromatic heterocycles. The van der Waals surface area contributed by atoms with E-state index in [1.54, 1.807) is 11.5 Å². The largest absolute Gasteiger partial charge is 0.464 e. The van der Waals surface area contributed by atoms with Crippen molar-refractivity contribution in [3.63, 3.8) is 0 Å². The summed E-state index contributed by atoms with van der Waals surface area (Å²) in [7, 11) is 0. The number of aryl methyl sites for hydroxylation is 1. The van der Waals surface area contributed by atoms with Gasteiger partial charge in [-0.1, -0.05) is 62.6 Å². The van der Waals surface area contributed by atoms with E-state index < -0.39 is 12.0 Å². The van der Waals surface area contributed by atoms with Crippen molar-refractivity contribution in [3.05, 3.63) is 51.8 Å². The van der Waals surface area contributed by atoms with Crippen molar-refractivity contribution in [1.82, 2.24) is 14.8 Å². The van der Waals surface area contributed by atoms with E-state index in [1.807, 2.05) is 38.1 Å². The predicted molar refractivity (Wildman–Crippen MR) is 154 cm³/mol. The molecule has 0 radical (unpaired) electrons. The SMILES string of the molecule is CCOC(=O)C(CC(C)(C)C)n1c(-c2ccc(C)cc2)c(C)c(-c2nnc(N[C@H]3CC[C@H](C)CC3)o2)cc1=O. The van der Waals surface area contributed by atoms with Gasteiger partial charge >= 0.3 is 12.0 Å². The first kappa shape index (κ1) is 28.6. The fourth-order valence-electron chi connectivity index (χ4n) is 5.39. The normalized spacial score (nSPS) is 18.5. The number of hydrogen-bond donors (Lipinski definition) is 1. The van der Waals surface area contributed by atoms with Crippen LogP contribution in [0.2, 0.25) is 0 Å². The van der Waals surface area contributed by atoms with Crippen LogP contribution in [0, 0.1) is 25.2 Å². The third-order valence-electron chi connectivity index (χ3n) is 7.51. The van der Waals surface area contributed by atoms with Gasteiger partial charge < -0.3 is 14.5 Å². The zero-order valence-corrected chi connectivity index (χ0v) is 24.3. The summed E-state index contributed by atoms with van der Waals surface area (Å²) < 4.78 is 13.1. The Morgan fingerprint density at radius 3 is 2.41 bits per heavy atom. The highest BCUT2D eigenvalue weighted by atomic mass is 16.5. The monoisotopic (exact) mass is 534 g/mol. The minimum Gasteiger partial charge on any atom is -0.464 e. The van der Waals surface area contributed by atoms with Crippen molar-refractivity contribution < 1.29 is 13.9 Å². The molecule has 210 valence electrons. The molecule has 0 spiro atoms. The van der Waals surface area contributed by atoms with E-state index in [1.165, 1.54) is 18.9 Å². The lowest BCUT2D eigenvalue weighted by atomic mass is 9.87. The van der Waals surface area contributed by atoms with Gasteiger partial charge in [0.25, 0.3) is 5.56 Å². The van der Waals surface area contributed by atoms with Crippen LogP contribution in [0.3, 0.4) is 0 Å². The Labute approximate surface area is 231 Å². The van der Waals surface area contributed by atoms with Crippen molar-refractivity contribution in [2.24, 2.45) is 11.3 Å². The molecular formula is C31H42N4O4. The first-order chi connectivity index (χ1) is 18.5. The van der Waals surface area contributed by atoms with Gasteiger partial charge in [0.1, 0.15) is 6.04 Å². The van der Waals surface area contributed by atoms with Crippen molar-refractivity contribution in [2.45, 2.75) is 92.7 Å². The number of benzene rings is 1. The molecule has 1 aliphatic rings. The maximum Gasteiger partial charge on any atom is 0.329 e. The molecule has 1 atom stereocenters. The molecule has 0 saturated heterocycles. The molecule has 1 aliphatic carbocycles. The number of aromatic nitrogens is 3. The summed E-state index contributed by atoms with van der Waals surface area (Å²) in [5, 5.41) is 11.9. The molecule has 1 fully saturated rings. The van der Waals surface area contributed by atoms with Gasteiger partial charge in [-0.15, -0.1) is 5.10 Å². The van der Waals surface area contributed by atoms with Gasteiger partial charge in [0.05, 0.1) is 12.3 Å². The summed E-state index contributed by atoms with van der Waals surface area (Å²) in [4.78, 5) is 27.1. The number of esters is 1. The number of hydrogen-bond acceptors (Lipinski definition) is 7. The van der Waals surface area contributed by atoms with Crippen LogP contribution in [-0.4, -0.2) is 33.4 Å². The van der Waals surface area contributed by atoms with E-state index in [0.717, 1.165) is 35.4 Å². The molecule has 3 aromatic rings. The second-order valence-corrected chi connectivity index (χ2v) is 12.2. The average molecular weight is 535 g/mol. The van der Waals surface area contributed by atoms with Crippen molar-refractivity contribution in [3.8, 4) is 22.7 Å². The van der Waals surface area contributed by atoms with E-state index in [4.69, 9.17) is 9.15 Å². The van der Waals surface area contributed by atoms with E-state index >= 15 is 0 Å². The molecule has 0 amide bonds. The predicted octanol–water partition coefficient (Wildman–Crippen LogP) is 6.71. The Bertz CT molecular complexity index is 1340. The first-order valence-corrected chi connectivity index (χ1v) is 14.1. The minimum absolute atomic E-state index is 0.224. The molecule has 39 heavy (non-hydrogen) atoms. The summed E-state index contributed by atoms with van der Waals surface area (Å²) in [6, 6.07) is 9.33. The molecule has 8 nitrogen and oxygen atoms in total. The van der Waals surface area contributed by atoms with Gasteiger partial charge in [-0.2, -0.15) is 0 Å². The number of nitrogens with zero attached hydrogens (tertiary/aromatic N) is 3. The van der Waals surface area contributed by atoms with Crippen LogP contribution < -0.4 is 10.9 Å². The highest BCUT2D eigenvalue weighted by Crippen LogP contribution is 2.36. The number of ether oxygens (including phenoxy) is 1. The molecule has 1 N–H and O–H groups in total. The van der Waals surface area contributed by atoms with Gasteiger partial charge in [-0.3, -0.25) is 9.36 Å². The molecule has 1 aromatic carbocycles. The maximum atomic E-state index is 13.9. The van der Waals surface area contributed by atoms with Crippen molar-refractivity contribution in [1.29, 1.82) is 0 Å². The van der Waals surface area contributed by atoms with E-state index in [0.29, 0.717) is 29.7 Å². The summed E-state index contributed by atoms with van der Waals surface area (Å²) in [6.07, 6.45) is 4.92. The van der Waals surface area contributed by atoms with Gasteiger partial charge in [-0.05, 0) is 75.3 Å². The Morgan fingerprint density at radius 2 is 1.79 bits per heavy atom. The Morgan fingerprint density at radius 1 is 1.13 bits per heavy atom. The molecule has 0 bridgehead atoms. The molecule has 8 heteroatoms. The number of carbonyl (C=O) groups is 1. The second-order valence-electron chi connectivity index (χ2n) is 12.2. The lowest BCUT2D eigenvalue weighted by Crippen LogP contribution is -2.35. The Kier molecular flexibility index (Phi) is 8.62. The van der Waals surface area contributed by atoms with Crippen LogP contribution in [0.25, 0.3) is 22.7 Å². The lowest BCUT2D eigenvalue weighted by Gasteiger charge is -2.29. The topological polar surface area (TPSA) is 99.2 Å². The van der Waals surface area contributed by atoms with Crippen LogP contribution in [0.4, 0.5) is 6.01 Å². The first-order valence-electron chi connectivity index (χ1n) is 14.1. The van der Waals surface area contributed by atoms with Gasteiger partial charge in [0.2, 0.25) is 5.89 Å². The quantitative estimate of drug-likeness (QED) is 0.321. The zero-order valence-electron chi connectivity index (χ0n) is 24.3. The molecule has 2 heterocycles. The van der Waals surface area contributed by atoms with Crippen LogP contribution in [0.1, 0.15) is 83.9 Å². The number of carbonyl (C=O) groups excluding carboxylic acids is 1.